The van der Waals surface area contributed by atoms with Crippen LogP contribution < -0.4 is 10.9 Å². The van der Waals surface area contributed by atoms with Crippen LogP contribution in [0, 0.1) is 0 Å². The molecule has 0 fully saturated rings. The van der Waals surface area contributed by atoms with Crippen LogP contribution in [0.5, 0.6) is 0 Å². The number of amides is 1. The summed E-state index contributed by atoms with van der Waals surface area (Å²) in [5, 5.41) is 2.96. The summed E-state index contributed by atoms with van der Waals surface area (Å²) in [6.45, 7) is 0.837. The zero-order chi connectivity index (χ0) is 15.9. The third-order valence-electron chi connectivity index (χ3n) is 3.27. The van der Waals surface area contributed by atoms with Crippen molar-refractivity contribution >= 4 is 5.91 Å². The fraction of sp³-hybridized carbons (Fsp3) is 0.312. The lowest BCUT2D eigenvalue weighted by atomic mass is 10.0. The van der Waals surface area contributed by atoms with E-state index in [-0.39, 0.29) is 17.6 Å². The van der Waals surface area contributed by atoms with E-state index in [1.54, 1.807) is 0 Å². The van der Waals surface area contributed by atoms with Crippen LogP contribution in [0.15, 0.2) is 47.5 Å². The van der Waals surface area contributed by atoms with E-state index in [0.29, 0.717) is 0 Å². The van der Waals surface area contributed by atoms with E-state index in [4.69, 9.17) is 0 Å². The number of carbonyl (C=O) groups excluding carboxylic acids is 1. The maximum atomic E-state index is 12.3. The fourth-order valence-corrected chi connectivity index (χ4v) is 2.12. The van der Waals surface area contributed by atoms with Crippen LogP contribution in [-0.2, 0) is 0 Å². The summed E-state index contributed by atoms with van der Waals surface area (Å²) in [5.74, 6) is -0.335. The largest absolute Gasteiger partial charge is 0.344 e. The van der Waals surface area contributed by atoms with Crippen molar-refractivity contribution in [1.29, 1.82) is 0 Å². The maximum Gasteiger partial charge on any atom is 0.269 e. The van der Waals surface area contributed by atoms with Gasteiger partial charge in [0.2, 0.25) is 0 Å². The molecule has 0 bridgehead atoms. The molecule has 0 radical (unpaired) electrons. The minimum atomic E-state index is -0.391. The van der Waals surface area contributed by atoms with E-state index >= 15 is 0 Å². The molecule has 1 heterocycles. The van der Waals surface area contributed by atoms with Gasteiger partial charge in [-0.25, -0.2) is 0 Å². The molecule has 1 amide bonds. The monoisotopic (exact) mass is 300 g/mol. The van der Waals surface area contributed by atoms with E-state index in [1.807, 2.05) is 44.4 Å². The summed E-state index contributed by atoms with van der Waals surface area (Å²) in [6.07, 6.45) is 3.26. The predicted octanol–water partition coefficient (Wildman–Crippen LogP) is 1.19. The van der Waals surface area contributed by atoms with Gasteiger partial charge >= 0.3 is 0 Å². The SMILES string of the molecule is CN(C)CC[C@H](NC(=O)c1cncc(=O)[nH]1)c1ccccc1. The molecule has 22 heavy (non-hydrogen) atoms. The van der Waals surface area contributed by atoms with Gasteiger partial charge in [-0.3, -0.25) is 14.6 Å². The molecule has 0 aliphatic carbocycles. The van der Waals surface area contributed by atoms with Crippen molar-refractivity contribution in [3.63, 3.8) is 0 Å². The van der Waals surface area contributed by atoms with E-state index in [2.05, 4.69) is 20.2 Å². The first-order chi connectivity index (χ1) is 10.6. The Kier molecular flexibility index (Phi) is 5.43. The molecule has 6 heteroatoms. The van der Waals surface area contributed by atoms with Crippen molar-refractivity contribution in [3.05, 3.63) is 64.3 Å². The third kappa shape index (κ3) is 4.53. The average molecular weight is 300 g/mol. The smallest absolute Gasteiger partial charge is 0.269 e. The molecule has 0 aliphatic rings. The lowest BCUT2D eigenvalue weighted by Crippen LogP contribution is -2.32. The Bertz CT molecular complexity index is 667. The summed E-state index contributed by atoms with van der Waals surface area (Å²) in [6, 6.07) is 9.65. The van der Waals surface area contributed by atoms with E-state index in [9.17, 15) is 9.59 Å². The molecule has 116 valence electrons. The van der Waals surface area contributed by atoms with Crippen LogP contribution in [-0.4, -0.2) is 41.4 Å². The zero-order valence-corrected chi connectivity index (χ0v) is 12.7. The Balaban J connectivity index is 2.15. The molecule has 0 aliphatic heterocycles. The summed E-state index contributed by atoms with van der Waals surface area (Å²) >= 11 is 0. The number of carbonyl (C=O) groups is 1. The van der Waals surface area contributed by atoms with Crippen LogP contribution >= 0.6 is 0 Å². The minimum Gasteiger partial charge on any atom is -0.344 e. The van der Waals surface area contributed by atoms with Gasteiger partial charge < -0.3 is 15.2 Å². The van der Waals surface area contributed by atoms with Crippen molar-refractivity contribution in [1.82, 2.24) is 20.2 Å². The summed E-state index contributed by atoms with van der Waals surface area (Å²) in [4.78, 5) is 31.8. The lowest BCUT2D eigenvalue weighted by Gasteiger charge is -2.21. The fourth-order valence-electron chi connectivity index (χ4n) is 2.12. The first-order valence-electron chi connectivity index (χ1n) is 7.11. The zero-order valence-electron chi connectivity index (χ0n) is 12.7. The molecular formula is C16H20N4O2. The van der Waals surface area contributed by atoms with Crippen LogP contribution in [0.25, 0.3) is 0 Å². The maximum absolute atomic E-state index is 12.3. The number of nitrogens with zero attached hydrogens (tertiary/aromatic N) is 2. The third-order valence-corrected chi connectivity index (χ3v) is 3.27. The molecule has 0 unspecified atom stereocenters. The van der Waals surface area contributed by atoms with Gasteiger partial charge in [0.15, 0.2) is 0 Å². The quantitative estimate of drug-likeness (QED) is 0.840. The number of hydrogen-bond donors (Lipinski definition) is 2. The van der Waals surface area contributed by atoms with Gasteiger partial charge in [0, 0.05) is 0 Å². The number of benzene rings is 1. The van der Waals surface area contributed by atoms with Crippen LogP contribution in [0.1, 0.15) is 28.5 Å². The second kappa shape index (κ2) is 7.51. The van der Waals surface area contributed by atoms with Crippen molar-refractivity contribution in [3.8, 4) is 0 Å². The first-order valence-corrected chi connectivity index (χ1v) is 7.11. The average Bonchev–Trinajstić information content (AvgIpc) is 2.52. The second-order valence-electron chi connectivity index (χ2n) is 5.34. The standard InChI is InChI=1S/C16H20N4O2/c1-20(2)9-8-13(12-6-4-3-5-7-12)19-16(22)14-10-17-11-15(21)18-14/h3-7,10-11,13H,8-9H2,1-2H3,(H,18,21)(H,19,22)/t13-/m0/s1. The molecule has 1 atom stereocenters. The normalized spacial score (nSPS) is 12.1. The molecule has 0 saturated carbocycles. The molecular weight excluding hydrogens is 280 g/mol. The van der Waals surface area contributed by atoms with Crippen molar-refractivity contribution in [2.24, 2.45) is 0 Å². The lowest BCUT2D eigenvalue weighted by molar-refractivity contribution is 0.0927. The Hall–Kier alpha value is -2.47. The number of hydrogen-bond acceptors (Lipinski definition) is 4. The number of rotatable bonds is 6. The highest BCUT2D eigenvalue weighted by atomic mass is 16.2. The summed E-state index contributed by atoms with van der Waals surface area (Å²) < 4.78 is 0. The van der Waals surface area contributed by atoms with E-state index < -0.39 is 5.56 Å². The van der Waals surface area contributed by atoms with Crippen molar-refractivity contribution in [2.45, 2.75) is 12.5 Å². The molecule has 2 N–H and O–H groups in total. The van der Waals surface area contributed by atoms with Crippen LogP contribution in [0.4, 0.5) is 0 Å². The number of nitrogens with one attached hydrogen (secondary N) is 2. The van der Waals surface area contributed by atoms with Crippen molar-refractivity contribution in [2.75, 3.05) is 20.6 Å². The Labute approximate surface area is 129 Å². The molecule has 2 rings (SSSR count). The molecule has 1 aromatic carbocycles. The Morgan fingerprint density at radius 2 is 2.00 bits per heavy atom. The highest BCUT2D eigenvalue weighted by Crippen LogP contribution is 2.17. The molecule has 0 spiro atoms. The number of H-pyrrole nitrogens is 1. The predicted molar refractivity (Wildman–Crippen MR) is 84.7 cm³/mol. The van der Waals surface area contributed by atoms with E-state index in [1.165, 1.54) is 6.20 Å². The van der Waals surface area contributed by atoms with Crippen LogP contribution in [0.2, 0.25) is 0 Å². The van der Waals surface area contributed by atoms with Gasteiger partial charge in [0.25, 0.3) is 11.5 Å². The molecule has 0 saturated heterocycles. The highest BCUT2D eigenvalue weighted by molar-refractivity contribution is 5.92. The second-order valence-corrected chi connectivity index (χ2v) is 5.34. The van der Waals surface area contributed by atoms with Crippen LogP contribution in [0.3, 0.4) is 0 Å². The molecule has 1 aromatic heterocycles. The number of aromatic nitrogens is 2. The van der Waals surface area contributed by atoms with Gasteiger partial charge in [-0.1, -0.05) is 30.3 Å². The van der Waals surface area contributed by atoms with Gasteiger partial charge in [0.05, 0.1) is 18.4 Å². The van der Waals surface area contributed by atoms with E-state index in [0.717, 1.165) is 24.7 Å². The van der Waals surface area contributed by atoms with Gasteiger partial charge in [0.1, 0.15) is 5.69 Å². The first kappa shape index (κ1) is 15.9. The molecule has 6 nitrogen and oxygen atoms in total. The summed E-state index contributed by atoms with van der Waals surface area (Å²) in [7, 11) is 3.98. The Morgan fingerprint density at radius 1 is 1.27 bits per heavy atom. The highest BCUT2D eigenvalue weighted by Gasteiger charge is 2.16. The molecule has 2 aromatic rings. The van der Waals surface area contributed by atoms with Crippen molar-refractivity contribution < 1.29 is 4.79 Å². The van der Waals surface area contributed by atoms with Gasteiger partial charge in [-0.05, 0) is 32.6 Å². The van der Waals surface area contributed by atoms with Gasteiger partial charge in [-0.15, -0.1) is 0 Å². The topological polar surface area (TPSA) is 78.1 Å². The summed E-state index contributed by atoms with van der Waals surface area (Å²) in [5.41, 5.74) is 0.805. The Morgan fingerprint density at radius 3 is 2.64 bits per heavy atom. The van der Waals surface area contributed by atoms with Gasteiger partial charge in [-0.2, -0.15) is 0 Å². The number of aromatic amines is 1. The minimum absolute atomic E-state index is 0.125.